The second-order valence-corrected chi connectivity index (χ2v) is 6.79. The first-order valence-corrected chi connectivity index (χ1v) is 10.3. The zero-order valence-electron chi connectivity index (χ0n) is 20.7. The van der Waals surface area contributed by atoms with Gasteiger partial charge in [0, 0.05) is 22.7 Å². The molecule has 2 heterocycles. The van der Waals surface area contributed by atoms with Crippen molar-refractivity contribution in [2.24, 2.45) is 4.99 Å². The largest absolute Gasteiger partial charge is 1.00 e. The van der Waals surface area contributed by atoms with E-state index in [1.54, 1.807) is 12.1 Å². The fourth-order valence-corrected chi connectivity index (χ4v) is 2.80. The van der Waals surface area contributed by atoms with Gasteiger partial charge in [0.05, 0.1) is 0 Å². The zero-order chi connectivity index (χ0) is 24.2. The van der Waals surface area contributed by atoms with E-state index in [0.717, 1.165) is 11.3 Å². The molecule has 0 saturated carbocycles. The molecule has 0 bridgehead atoms. The molecule has 0 spiro atoms. The second-order valence-electron chi connectivity index (χ2n) is 6.79. The van der Waals surface area contributed by atoms with Gasteiger partial charge in [-0.2, -0.15) is 6.08 Å². The summed E-state index contributed by atoms with van der Waals surface area (Å²) in [6, 6.07) is 7.29. The van der Waals surface area contributed by atoms with E-state index in [4.69, 9.17) is 21.5 Å². The third kappa shape index (κ3) is 9.27. The van der Waals surface area contributed by atoms with Crippen LogP contribution in [-0.2, 0) is 0 Å². The summed E-state index contributed by atoms with van der Waals surface area (Å²) < 4.78 is 11.4. The molecular weight excluding hydrogens is 444 g/mol. The quantitative estimate of drug-likeness (QED) is 0.0552. The summed E-state index contributed by atoms with van der Waals surface area (Å²) in [5, 5.41) is 14.9. The Kier molecular flexibility index (Phi) is 14.4. The Balaban J connectivity index is 0.00000324. The van der Waals surface area contributed by atoms with E-state index in [0.29, 0.717) is 60.1 Å². The Morgan fingerprint density at radius 3 is 2.89 bits per heavy atom. The van der Waals surface area contributed by atoms with E-state index in [1.807, 2.05) is 25.5 Å². The number of hydrogen-bond donors (Lipinski definition) is 2. The number of aromatic nitrogens is 3. The number of benzene rings is 1. The molecule has 0 unspecified atom stereocenters. The molecule has 0 aliphatic heterocycles. The molecule has 0 saturated heterocycles. The predicted molar refractivity (Wildman–Crippen MR) is 133 cm³/mol. The van der Waals surface area contributed by atoms with Gasteiger partial charge in [0.25, 0.3) is 0 Å². The molecule has 0 atom stereocenters. The van der Waals surface area contributed by atoms with Crippen LogP contribution in [-0.4, -0.2) is 47.2 Å². The molecule has 36 heavy (non-hydrogen) atoms. The van der Waals surface area contributed by atoms with E-state index in [-0.39, 0.29) is 37.7 Å². The minimum Gasteiger partial charge on any atom is -0.577 e. The second kappa shape index (κ2) is 16.7. The number of allylic oxidation sites excluding steroid dienone is 2. The van der Waals surface area contributed by atoms with Crippen molar-refractivity contribution < 1.29 is 47.2 Å². The number of pyridine rings is 1. The van der Waals surface area contributed by atoms with Crippen molar-refractivity contribution >= 4 is 35.1 Å². The van der Waals surface area contributed by atoms with Crippen LogP contribution in [0.25, 0.3) is 16.4 Å². The summed E-state index contributed by atoms with van der Waals surface area (Å²) >= 11 is 0. The van der Waals surface area contributed by atoms with Gasteiger partial charge in [0.2, 0.25) is 0 Å². The van der Waals surface area contributed by atoms with Crippen LogP contribution in [0.2, 0.25) is 0 Å². The normalized spacial score (nSPS) is 10.9. The fraction of sp³-hybridized carbons (Fsp3) is 0.160. The number of ether oxygens (including phenoxy) is 2. The Morgan fingerprint density at radius 1 is 1.33 bits per heavy atom. The predicted octanol–water partition coefficient (Wildman–Crippen LogP) is -2.31. The molecule has 3 aromatic rings. The Labute approximate surface area is 235 Å². The first-order chi connectivity index (χ1) is 16.6. The molecule has 9 nitrogen and oxygen atoms in total. The van der Waals surface area contributed by atoms with E-state index >= 15 is 0 Å². The van der Waals surface area contributed by atoms with Crippen molar-refractivity contribution in [2.45, 2.75) is 6.92 Å². The Bertz CT molecular complexity index is 1200. The molecule has 0 aliphatic rings. The van der Waals surface area contributed by atoms with E-state index < -0.39 is 0 Å². The molecule has 2 aromatic heterocycles. The summed E-state index contributed by atoms with van der Waals surface area (Å²) in [6.45, 7) is 13.0. The molecule has 0 aliphatic carbocycles. The molecule has 2 N–H and O–H groups in total. The Morgan fingerprint density at radius 2 is 2.17 bits per heavy atom. The van der Waals surface area contributed by atoms with Gasteiger partial charge in [-0.3, -0.25) is 18.0 Å². The summed E-state index contributed by atoms with van der Waals surface area (Å²) in [5.41, 5.74) is 2.82. The standard InChI is InChI=1S/C25H23N7O2.2Li/c1-4-20(9-11-28-16-26)34-23-8-7-19(13-18(23)3)32-25-24-22(30-17-31-25)14-21(15-29-24)33-12-6-10-27-5-2;;/h1,4,6-9,13-14,16-17,27H,2,5,10,12H2,3H3,(H,30,31,32);;/q-6;2*+1/b20-9+;;. The van der Waals surface area contributed by atoms with Crippen molar-refractivity contribution in [3.63, 3.8) is 0 Å². The summed E-state index contributed by atoms with van der Waals surface area (Å²) in [7, 11) is 0. The van der Waals surface area contributed by atoms with Crippen LogP contribution >= 0.6 is 0 Å². The summed E-state index contributed by atoms with van der Waals surface area (Å²) in [4.78, 5) is 16.4. The SMILES string of the molecule is [CH-]=C/C(=C\[C-]=NC=[N-])Oc1ccc(Nc2ncnc3cc(OC[CH-]CNC[CH2-])[c-]nc23)cc1C.[Li+].[Li+]. The van der Waals surface area contributed by atoms with Gasteiger partial charge < -0.3 is 42.4 Å². The smallest absolute Gasteiger partial charge is 0.577 e. The first-order valence-electron chi connectivity index (χ1n) is 10.3. The van der Waals surface area contributed by atoms with Crippen LogP contribution in [0, 0.1) is 33.0 Å². The van der Waals surface area contributed by atoms with Gasteiger partial charge in [-0.25, -0.2) is 17.5 Å². The maximum Gasteiger partial charge on any atom is 1.00 e. The molecule has 1 aromatic carbocycles. The molecule has 0 amide bonds. The maximum atomic E-state index is 8.58. The Hall–Kier alpha value is -2.92. The fourth-order valence-electron chi connectivity index (χ4n) is 2.80. The number of nitrogens with zero attached hydrogens (tertiary/aromatic N) is 5. The number of aryl methyl sites for hydroxylation is 1. The summed E-state index contributed by atoms with van der Waals surface area (Å²) in [6.07, 6.45) is 12.1. The third-order valence-corrected chi connectivity index (χ3v) is 4.39. The minimum atomic E-state index is 0. The van der Waals surface area contributed by atoms with Crippen LogP contribution in [0.1, 0.15) is 5.56 Å². The van der Waals surface area contributed by atoms with Crippen molar-refractivity contribution in [2.75, 3.05) is 25.0 Å². The molecule has 3 rings (SSSR count). The molecule has 0 fully saturated rings. The maximum absolute atomic E-state index is 8.58. The number of anilines is 2. The molecule has 176 valence electrons. The van der Waals surface area contributed by atoms with E-state index in [2.05, 4.69) is 49.9 Å². The monoisotopic (exact) mass is 467 g/mol. The molecule has 11 heteroatoms. The number of hydrogen-bond acceptors (Lipinski definition) is 7. The van der Waals surface area contributed by atoms with Gasteiger partial charge >= 0.3 is 37.7 Å². The molecular formula is C25H23Li2N7O2-4. The van der Waals surface area contributed by atoms with Crippen LogP contribution in [0.3, 0.4) is 0 Å². The first kappa shape index (κ1) is 31.1. The molecule has 0 radical (unpaired) electrons. The van der Waals surface area contributed by atoms with E-state index in [1.165, 1.54) is 18.5 Å². The average Bonchev–Trinajstić information content (AvgIpc) is 2.85. The minimum absolute atomic E-state index is 0. The van der Waals surface area contributed by atoms with Crippen LogP contribution in [0.5, 0.6) is 11.5 Å². The number of nitrogens with one attached hydrogen (secondary N) is 2. The van der Waals surface area contributed by atoms with Gasteiger partial charge in [-0.1, -0.05) is 0 Å². The van der Waals surface area contributed by atoms with Crippen LogP contribution in [0.4, 0.5) is 11.5 Å². The van der Waals surface area contributed by atoms with E-state index in [9.17, 15) is 0 Å². The number of rotatable bonds is 13. The van der Waals surface area contributed by atoms with Gasteiger partial charge in [-0.15, -0.1) is 25.2 Å². The average molecular weight is 467 g/mol. The number of fused-ring (bicyclic) bond motifs is 1. The van der Waals surface area contributed by atoms with Gasteiger partial charge in [-0.05, 0) is 49.0 Å². The van der Waals surface area contributed by atoms with Crippen molar-refractivity contribution in [1.82, 2.24) is 20.3 Å². The van der Waals surface area contributed by atoms with Crippen LogP contribution < -0.4 is 57.8 Å². The van der Waals surface area contributed by atoms with Gasteiger partial charge in [0.15, 0.2) is 0 Å². The van der Waals surface area contributed by atoms with Crippen LogP contribution in [0.15, 0.2) is 53.5 Å². The zero-order valence-corrected chi connectivity index (χ0v) is 20.7. The summed E-state index contributed by atoms with van der Waals surface area (Å²) in [5.74, 6) is 1.95. The topological polar surface area (TPSA) is 116 Å². The third-order valence-electron chi connectivity index (χ3n) is 4.39. The number of aliphatic imine (C=N–C) groups is 1. The van der Waals surface area contributed by atoms with Crippen molar-refractivity contribution in [3.8, 4) is 11.5 Å². The van der Waals surface area contributed by atoms with Gasteiger partial charge in [0.1, 0.15) is 17.9 Å². The van der Waals surface area contributed by atoms with Crippen molar-refractivity contribution in [1.29, 1.82) is 0 Å². The van der Waals surface area contributed by atoms with Crippen molar-refractivity contribution in [3.05, 3.63) is 85.6 Å².